The molecule has 0 spiro atoms. The number of hydrogen-bond donors (Lipinski definition) is 2. The first-order valence-electron chi connectivity index (χ1n) is 5.13. The van der Waals surface area contributed by atoms with E-state index in [-0.39, 0.29) is 12.6 Å². The Balaban J connectivity index is 2.04. The smallest absolute Gasteiger partial charge is 0.314 e. The van der Waals surface area contributed by atoms with Gasteiger partial charge in [-0.2, -0.15) is 0 Å². The molecule has 0 radical (unpaired) electrons. The molecule has 0 aliphatic rings. The van der Waals surface area contributed by atoms with Gasteiger partial charge in [0, 0.05) is 12.6 Å². The molecular formula is C11H12N4O2. The van der Waals surface area contributed by atoms with E-state index in [4.69, 9.17) is 4.42 Å². The van der Waals surface area contributed by atoms with Crippen molar-refractivity contribution >= 4 is 6.03 Å². The Morgan fingerprint density at radius 1 is 1.29 bits per heavy atom. The fraction of sp³-hybridized carbons (Fsp3) is 0.182. The summed E-state index contributed by atoms with van der Waals surface area (Å²) in [5, 5.41) is 12.7. The first-order chi connectivity index (χ1) is 8.29. The lowest BCUT2D eigenvalue weighted by Crippen LogP contribution is -2.32. The minimum atomic E-state index is -0.288. The normalized spacial score (nSPS) is 9.94. The first-order valence-corrected chi connectivity index (χ1v) is 5.13. The van der Waals surface area contributed by atoms with Crippen molar-refractivity contribution in [2.24, 2.45) is 0 Å². The van der Waals surface area contributed by atoms with Crippen LogP contribution < -0.4 is 10.6 Å². The van der Waals surface area contributed by atoms with Crippen LogP contribution >= 0.6 is 0 Å². The highest BCUT2D eigenvalue weighted by molar-refractivity contribution is 5.73. The monoisotopic (exact) mass is 232 g/mol. The zero-order valence-corrected chi connectivity index (χ0v) is 9.30. The lowest BCUT2D eigenvalue weighted by molar-refractivity contribution is 0.241. The molecule has 0 saturated heterocycles. The number of nitrogens with one attached hydrogen (secondary N) is 2. The van der Waals surface area contributed by atoms with E-state index in [2.05, 4.69) is 20.8 Å². The molecule has 0 atom stereocenters. The lowest BCUT2D eigenvalue weighted by Gasteiger charge is -1.99. The van der Waals surface area contributed by atoms with E-state index in [0.717, 1.165) is 5.56 Å². The summed E-state index contributed by atoms with van der Waals surface area (Å²) in [5.41, 5.74) is 0.853. The Bertz CT molecular complexity index is 495. The van der Waals surface area contributed by atoms with E-state index in [1.54, 1.807) is 7.05 Å². The number of benzene rings is 1. The lowest BCUT2D eigenvalue weighted by atomic mass is 10.2. The van der Waals surface area contributed by atoms with Gasteiger partial charge in [0.25, 0.3) is 0 Å². The Morgan fingerprint density at radius 2 is 2.06 bits per heavy atom. The second-order valence-corrected chi connectivity index (χ2v) is 3.30. The highest BCUT2D eigenvalue weighted by Gasteiger charge is 2.08. The molecule has 2 amide bonds. The Labute approximate surface area is 98.0 Å². The molecule has 1 heterocycles. The number of amides is 2. The number of carbonyl (C=O) groups excluding carboxylic acids is 1. The van der Waals surface area contributed by atoms with Crippen molar-refractivity contribution in [2.75, 3.05) is 7.05 Å². The van der Waals surface area contributed by atoms with Crippen LogP contribution in [0.1, 0.15) is 5.89 Å². The van der Waals surface area contributed by atoms with E-state index in [9.17, 15) is 4.79 Å². The number of nitrogens with zero attached hydrogens (tertiary/aromatic N) is 2. The molecule has 88 valence electrons. The number of hydrogen-bond acceptors (Lipinski definition) is 4. The average molecular weight is 232 g/mol. The Kier molecular flexibility index (Phi) is 3.34. The zero-order chi connectivity index (χ0) is 12.1. The topological polar surface area (TPSA) is 80.0 Å². The van der Waals surface area contributed by atoms with Crippen molar-refractivity contribution < 1.29 is 9.21 Å². The summed E-state index contributed by atoms with van der Waals surface area (Å²) in [6.07, 6.45) is 0. The second-order valence-electron chi connectivity index (χ2n) is 3.30. The van der Waals surface area contributed by atoms with Gasteiger partial charge < -0.3 is 15.1 Å². The molecule has 0 bridgehead atoms. The van der Waals surface area contributed by atoms with Crippen LogP contribution in [0.15, 0.2) is 34.7 Å². The highest BCUT2D eigenvalue weighted by atomic mass is 16.4. The molecule has 0 unspecified atom stereocenters. The number of rotatable bonds is 3. The van der Waals surface area contributed by atoms with Gasteiger partial charge >= 0.3 is 6.03 Å². The van der Waals surface area contributed by atoms with Crippen LogP contribution in [0.4, 0.5) is 4.79 Å². The van der Waals surface area contributed by atoms with Crippen LogP contribution in [0, 0.1) is 0 Å². The second kappa shape index (κ2) is 5.11. The molecule has 1 aromatic carbocycles. The summed E-state index contributed by atoms with van der Waals surface area (Å²) < 4.78 is 5.40. The molecule has 6 nitrogen and oxygen atoms in total. The highest BCUT2D eigenvalue weighted by Crippen LogP contribution is 2.16. The van der Waals surface area contributed by atoms with E-state index < -0.39 is 0 Å². The van der Waals surface area contributed by atoms with Crippen molar-refractivity contribution in [1.82, 2.24) is 20.8 Å². The van der Waals surface area contributed by atoms with Gasteiger partial charge in [0.05, 0.1) is 6.54 Å². The van der Waals surface area contributed by atoms with Crippen LogP contribution in [0.2, 0.25) is 0 Å². The van der Waals surface area contributed by atoms with Crippen molar-refractivity contribution in [3.63, 3.8) is 0 Å². The predicted molar refractivity (Wildman–Crippen MR) is 61.0 cm³/mol. The number of urea groups is 1. The molecule has 17 heavy (non-hydrogen) atoms. The van der Waals surface area contributed by atoms with Crippen LogP contribution in [0.3, 0.4) is 0 Å². The molecule has 0 fully saturated rings. The largest absolute Gasteiger partial charge is 0.419 e. The minimum Gasteiger partial charge on any atom is -0.419 e. The molecule has 6 heteroatoms. The number of carbonyl (C=O) groups is 1. The zero-order valence-electron chi connectivity index (χ0n) is 9.30. The molecule has 2 aromatic rings. The first kappa shape index (κ1) is 11.1. The quantitative estimate of drug-likeness (QED) is 0.832. The van der Waals surface area contributed by atoms with Crippen LogP contribution in [0.25, 0.3) is 11.5 Å². The van der Waals surface area contributed by atoms with Crippen molar-refractivity contribution in [2.45, 2.75) is 6.54 Å². The molecule has 1 aromatic heterocycles. The van der Waals surface area contributed by atoms with Gasteiger partial charge in [0.15, 0.2) is 0 Å². The average Bonchev–Trinajstić information content (AvgIpc) is 2.86. The fourth-order valence-electron chi connectivity index (χ4n) is 1.27. The molecule has 0 aliphatic carbocycles. The summed E-state index contributed by atoms with van der Waals surface area (Å²) in [6.45, 7) is 0.208. The van der Waals surface area contributed by atoms with Crippen LogP contribution in [-0.4, -0.2) is 23.3 Å². The molecular weight excluding hydrogens is 220 g/mol. The third-order valence-electron chi connectivity index (χ3n) is 2.11. The van der Waals surface area contributed by atoms with Gasteiger partial charge in [-0.25, -0.2) is 4.79 Å². The van der Waals surface area contributed by atoms with E-state index in [1.165, 1.54) is 0 Å². The standard InChI is InChI=1S/C11H12N4O2/c1-12-11(16)13-7-9-14-15-10(17-9)8-5-3-2-4-6-8/h2-6H,7H2,1H3,(H2,12,13,16). The maximum atomic E-state index is 10.9. The molecule has 0 aliphatic heterocycles. The van der Waals surface area contributed by atoms with Crippen LogP contribution in [-0.2, 0) is 6.54 Å². The van der Waals surface area contributed by atoms with Gasteiger partial charge in [-0.15, -0.1) is 10.2 Å². The third-order valence-corrected chi connectivity index (χ3v) is 2.11. The van der Waals surface area contributed by atoms with Gasteiger partial charge in [0.1, 0.15) is 0 Å². The maximum Gasteiger partial charge on any atom is 0.314 e. The van der Waals surface area contributed by atoms with Crippen molar-refractivity contribution in [3.05, 3.63) is 36.2 Å². The Morgan fingerprint density at radius 3 is 2.76 bits per heavy atom. The van der Waals surface area contributed by atoms with E-state index in [1.807, 2.05) is 30.3 Å². The van der Waals surface area contributed by atoms with Gasteiger partial charge in [-0.05, 0) is 12.1 Å². The summed E-state index contributed by atoms with van der Waals surface area (Å²) in [7, 11) is 1.54. The minimum absolute atomic E-state index is 0.208. The Hall–Kier alpha value is -2.37. The fourth-order valence-corrected chi connectivity index (χ4v) is 1.27. The van der Waals surface area contributed by atoms with Gasteiger partial charge in [0.2, 0.25) is 11.8 Å². The predicted octanol–water partition coefficient (Wildman–Crippen LogP) is 1.17. The summed E-state index contributed by atoms with van der Waals surface area (Å²) >= 11 is 0. The third kappa shape index (κ3) is 2.81. The molecule has 0 saturated carbocycles. The summed E-state index contributed by atoms with van der Waals surface area (Å²) in [6, 6.07) is 9.16. The molecule has 2 rings (SSSR count). The van der Waals surface area contributed by atoms with Crippen LogP contribution in [0.5, 0.6) is 0 Å². The summed E-state index contributed by atoms with van der Waals surface area (Å²) in [4.78, 5) is 10.9. The van der Waals surface area contributed by atoms with Crippen molar-refractivity contribution in [1.29, 1.82) is 0 Å². The number of aromatic nitrogens is 2. The van der Waals surface area contributed by atoms with Gasteiger partial charge in [-0.3, -0.25) is 0 Å². The molecule has 2 N–H and O–H groups in total. The van der Waals surface area contributed by atoms with Crippen molar-refractivity contribution in [3.8, 4) is 11.5 Å². The van der Waals surface area contributed by atoms with Gasteiger partial charge in [-0.1, -0.05) is 18.2 Å². The summed E-state index contributed by atoms with van der Waals surface area (Å²) in [5.74, 6) is 0.812. The maximum absolute atomic E-state index is 10.9. The van der Waals surface area contributed by atoms with E-state index in [0.29, 0.717) is 11.8 Å². The SMILES string of the molecule is CNC(=O)NCc1nnc(-c2ccccc2)o1. The van der Waals surface area contributed by atoms with E-state index >= 15 is 0 Å².